The van der Waals surface area contributed by atoms with E-state index in [0.29, 0.717) is 0 Å². The van der Waals surface area contributed by atoms with E-state index < -0.39 is 0 Å². The van der Waals surface area contributed by atoms with Crippen molar-refractivity contribution in [3.8, 4) is 0 Å². The first kappa shape index (κ1) is 7.64. The predicted molar refractivity (Wildman–Crippen MR) is 43.3 cm³/mol. The molecule has 0 unspecified atom stereocenters. The van der Waals surface area contributed by atoms with Gasteiger partial charge >= 0.3 is 0 Å². The SMILES string of the molecule is OC1CN(Cc2cnccn2)C1. The van der Waals surface area contributed by atoms with E-state index in [0.717, 1.165) is 25.3 Å². The number of rotatable bonds is 2. The number of likely N-dealkylation sites (tertiary alicyclic amines) is 1. The smallest absolute Gasteiger partial charge is 0.0794 e. The van der Waals surface area contributed by atoms with Crippen LogP contribution >= 0.6 is 0 Å². The molecule has 1 aromatic heterocycles. The van der Waals surface area contributed by atoms with Crippen LogP contribution < -0.4 is 0 Å². The van der Waals surface area contributed by atoms with E-state index in [9.17, 15) is 0 Å². The highest BCUT2D eigenvalue weighted by atomic mass is 16.3. The fourth-order valence-electron chi connectivity index (χ4n) is 1.31. The van der Waals surface area contributed by atoms with E-state index in [1.54, 1.807) is 18.6 Å². The third kappa shape index (κ3) is 1.60. The van der Waals surface area contributed by atoms with Crippen molar-refractivity contribution in [3.05, 3.63) is 24.3 Å². The number of aliphatic hydroxyl groups excluding tert-OH is 1. The van der Waals surface area contributed by atoms with Crippen molar-refractivity contribution >= 4 is 0 Å². The lowest BCUT2D eigenvalue weighted by molar-refractivity contribution is -0.00360. The van der Waals surface area contributed by atoms with E-state index in [2.05, 4.69) is 14.9 Å². The molecule has 0 bridgehead atoms. The molecule has 1 N–H and O–H groups in total. The fraction of sp³-hybridized carbons (Fsp3) is 0.500. The maximum Gasteiger partial charge on any atom is 0.0794 e. The summed E-state index contributed by atoms with van der Waals surface area (Å²) in [6, 6.07) is 0. The molecule has 1 aliphatic heterocycles. The summed E-state index contributed by atoms with van der Waals surface area (Å²) in [5.41, 5.74) is 0.962. The first-order valence-electron chi connectivity index (χ1n) is 4.00. The highest BCUT2D eigenvalue weighted by molar-refractivity contribution is 4.96. The normalized spacial score (nSPS) is 19.1. The third-order valence-electron chi connectivity index (χ3n) is 1.94. The second kappa shape index (κ2) is 3.16. The van der Waals surface area contributed by atoms with Crippen molar-refractivity contribution in [3.63, 3.8) is 0 Å². The molecule has 0 aliphatic carbocycles. The van der Waals surface area contributed by atoms with Gasteiger partial charge in [-0.2, -0.15) is 0 Å². The first-order valence-corrected chi connectivity index (χ1v) is 4.00. The van der Waals surface area contributed by atoms with Gasteiger partial charge in [-0.05, 0) is 0 Å². The maximum absolute atomic E-state index is 9.02. The maximum atomic E-state index is 9.02. The molecule has 0 spiro atoms. The number of aliphatic hydroxyl groups is 1. The Morgan fingerprint density at radius 1 is 1.50 bits per heavy atom. The quantitative estimate of drug-likeness (QED) is 0.651. The molecular weight excluding hydrogens is 154 g/mol. The lowest BCUT2D eigenvalue weighted by Crippen LogP contribution is -2.49. The molecule has 1 fully saturated rings. The highest BCUT2D eigenvalue weighted by Gasteiger charge is 2.24. The highest BCUT2D eigenvalue weighted by Crippen LogP contribution is 2.10. The molecule has 1 aromatic rings. The lowest BCUT2D eigenvalue weighted by atomic mass is 10.1. The number of β-amino-alcohol motifs (C(OH)–C–C–N with tert-alkyl or cyclic N) is 1. The van der Waals surface area contributed by atoms with Crippen molar-refractivity contribution in [2.45, 2.75) is 12.6 Å². The Bertz CT molecular complexity index is 246. The summed E-state index contributed by atoms with van der Waals surface area (Å²) in [7, 11) is 0. The third-order valence-corrected chi connectivity index (χ3v) is 1.94. The van der Waals surface area contributed by atoms with Crippen LogP contribution in [0.1, 0.15) is 5.69 Å². The minimum absolute atomic E-state index is 0.137. The molecule has 0 aromatic carbocycles. The van der Waals surface area contributed by atoms with Gasteiger partial charge < -0.3 is 5.11 Å². The van der Waals surface area contributed by atoms with Crippen molar-refractivity contribution in [2.75, 3.05) is 13.1 Å². The summed E-state index contributed by atoms with van der Waals surface area (Å²) in [4.78, 5) is 10.2. The second-order valence-corrected chi connectivity index (χ2v) is 3.04. The average molecular weight is 165 g/mol. The van der Waals surface area contributed by atoms with E-state index in [1.807, 2.05) is 0 Å². The van der Waals surface area contributed by atoms with Crippen LogP contribution in [-0.2, 0) is 6.54 Å². The zero-order valence-corrected chi connectivity index (χ0v) is 6.72. The monoisotopic (exact) mass is 165 g/mol. The Labute approximate surface area is 70.9 Å². The Morgan fingerprint density at radius 3 is 2.92 bits per heavy atom. The molecule has 4 nitrogen and oxygen atoms in total. The van der Waals surface area contributed by atoms with Crippen LogP contribution in [-0.4, -0.2) is 39.2 Å². The van der Waals surface area contributed by atoms with Crippen LogP contribution in [0.5, 0.6) is 0 Å². The van der Waals surface area contributed by atoms with Crippen LogP contribution in [0, 0.1) is 0 Å². The van der Waals surface area contributed by atoms with Crippen molar-refractivity contribution < 1.29 is 5.11 Å². The van der Waals surface area contributed by atoms with Gasteiger partial charge in [0, 0.05) is 38.2 Å². The van der Waals surface area contributed by atoms with Crippen LogP contribution in [0.2, 0.25) is 0 Å². The van der Waals surface area contributed by atoms with Gasteiger partial charge in [0.1, 0.15) is 0 Å². The number of hydrogen-bond donors (Lipinski definition) is 1. The molecule has 0 amide bonds. The zero-order valence-electron chi connectivity index (χ0n) is 6.72. The molecule has 0 saturated carbocycles. The lowest BCUT2D eigenvalue weighted by Gasteiger charge is -2.35. The summed E-state index contributed by atoms with van der Waals surface area (Å²) in [5.74, 6) is 0. The van der Waals surface area contributed by atoms with Crippen molar-refractivity contribution in [2.24, 2.45) is 0 Å². The Hall–Kier alpha value is -1.00. The van der Waals surface area contributed by atoms with Gasteiger partial charge in [-0.15, -0.1) is 0 Å². The molecule has 1 saturated heterocycles. The van der Waals surface area contributed by atoms with Gasteiger partial charge in [-0.1, -0.05) is 0 Å². The fourth-order valence-corrected chi connectivity index (χ4v) is 1.31. The first-order chi connectivity index (χ1) is 5.84. The largest absolute Gasteiger partial charge is 0.390 e. The minimum Gasteiger partial charge on any atom is -0.390 e. The van der Waals surface area contributed by atoms with Gasteiger partial charge in [0.2, 0.25) is 0 Å². The molecular formula is C8H11N3O. The molecule has 64 valence electrons. The molecule has 0 radical (unpaired) electrons. The number of hydrogen-bond acceptors (Lipinski definition) is 4. The van der Waals surface area contributed by atoms with E-state index in [-0.39, 0.29) is 6.10 Å². The number of aromatic nitrogens is 2. The topological polar surface area (TPSA) is 49.2 Å². The summed E-state index contributed by atoms with van der Waals surface area (Å²) in [6.07, 6.45) is 4.96. The summed E-state index contributed by atoms with van der Waals surface area (Å²) in [6.45, 7) is 2.32. The van der Waals surface area contributed by atoms with Gasteiger partial charge in [-0.3, -0.25) is 14.9 Å². The Kier molecular flexibility index (Phi) is 2.01. The molecule has 2 rings (SSSR count). The van der Waals surface area contributed by atoms with Crippen LogP contribution in [0.15, 0.2) is 18.6 Å². The molecule has 4 heteroatoms. The predicted octanol–water partition coefficient (Wildman–Crippen LogP) is -0.347. The molecule has 2 heterocycles. The molecule has 1 aliphatic rings. The number of nitrogens with zero attached hydrogens (tertiary/aromatic N) is 3. The van der Waals surface area contributed by atoms with Gasteiger partial charge in [0.05, 0.1) is 11.8 Å². The van der Waals surface area contributed by atoms with E-state index in [1.165, 1.54) is 0 Å². The van der Waals surface area contributed by atoms with Crippen LogP contribution in [0.3, 0.4) is 0 Å². The zero-order chi connectivity index (χ0) is 8.39. The Morgan fingerprint density at radius 2 is 2.33 bits per heavy atom. The minimum atomic E-state index is -0.137. The van der Waals surface area contributed by atoms with Crippen molar-refractivity contribution in [1.82, 2.24) is 14.9 Å². The average Bonchev–Trinajstić information content (AvgIpc) is 2.04. The molecule has 0 atom stereocenters. The standard InChI is InChI=1S/C8H11N3O/c12-8-5-11(6-8)4-7-3-9-1-2-10-7/h1-3,8,12H,4-6H2. The van der Waals surface area contributed by atoms with E-state index in [4.69, 9.17) is 5.11 Å². The summed E-state index contributed by atoms with van der Waals surface area (Å²) in [5, 5.41) is 9.02. The second-order valence-electron chi connectivity index (χ2n) is 3.04. The summed E-state index contributed by atoms with van der Waals surface area (Å²) < 4.78 is 0. The van der Waals surface area contributed by atoms with Gasteiger partial charge in [0.15, 0.2) is 0 Å². The molecule has 12 heavy (non-hydrogen) atoms. The van der Waals surface area contributed by atoms with Crippen LogP contribution in [0.25, 0.3) is 0 Å². The van der Waals surface area contributed by atoms with Gasteiger partial charge in [-0.25, -0.2) is 0 Å². The van der Waals surface area contributed by atoms with Gasteiger partial charge in [0.25, 0.3) is 0 Å². The van der Waals surface area contributed by atoms with E-state index >= 15 is 0 Å². The van der Waals surface area contributed by atoms with Crippen molar-refractivity contribution in [1.29, 1.82) is 0 Å². The summed E-state index contributed by atoms with van der Waals surface area (Å²) >= 11 is 0. The van der Waals surface area contributed by atoms with Crippen LogP contribution in [0.4, 0.5) is 0 Å². The Balaban J connectivity index is 1.88.